The predicted molar refractivity (Wildman–Crippen MR) is 105 cm³/mol. The minimum atomic E-state index is 1.22. The van der Waals surface area contributed by atoms with Gasteiger partial charge in [0.1, 0.15) is 0 Å². The van der Waals surface area contributed by atoms with Crippen molar-refractivity contribution >= 4 is 16.7 Å². The van der Waals surface area contributed by atoms with Gasteiger partial charge in [-0.3, -0.25) is 0 Å². The maximum Gasteiger partial charge on any atom is -0.0146 e. The van der Waals surface area contributed by atoms with Gasteiger partial charge in [0.25, 0.3) is 0 Å². The zero-order chi connectivity index (χ0) is 16.2. The molecule has 4 rings (SSSR count). The third kappa shape index (κ3) is 3.11. The van der Waals surface area contributed by atoms with Gasteiger partial charge in [-0.25, -0.2) is 0 Å². The van der Waals surface area contributed by atoms with E-state index in [0.29, 0.717) is 0 Å². The average Bonchev–Trinajstić information content (AvgIpc) is 2.69. The van der Waals surface area contributed by atoms with E-state index in [1.54, 1.807) is 16.7 Å². The van der Waals surface area contributed by atoms with Gasteiger partial charge in [0.15, 0.2) is 0 Å². The number of hydrogen-bond acceptors (Lipinski definition) is 0. The first-order chi connectivity index (χ1) is 11.9. The van der Waals surface area contributed by atoms with Crippen molar-refractivity contribution in [1.82, 2.24) is 0 Å². The lowest BCUT2D eigenvalue weighted by molar-refractivity contribution is 0.740. The van der Waals surface area contributed by atoms with Crippen LogP contribution in [0, 0.1) is 0 Å². The predicted octanol–water partition coefficient (Wildman–Crippen LogP) is 7.13. The van der Waals surface area contributed by atoms with E-state index in [0.717, 1.165) is 0 Å². The molecule has 0 amide bonds. The molecule has 0 heterocycles. The molecule has 122 valence electrons. The number of allylic oxidation sites excluding steroid dienone is 4. The van der Waals surface area contributed by atoms with Gasteiger partial charge in [-0.15, -0.1) is 0 Å². The van der Waals surface area contributed by atoms with E-state index in [9.17, 15) is 0 Å². The highest BCUT2D eigenvalue weighted by Crippen LogP contribution is 2.41. The van der Waals surface area contributed by atoms with Crippen LogP contribution in [0.3, 0.4) is 0 Å². The lowest BCUT2D eigenvalue weighted by atomic mass is 9.80. The Labute approximate surface area is 145 Å². The Bertz CT molecular complexity index is 762. The van der Waals surface area contributed by atoms with Crippen LogP contribution in [0.2, 0.25) is 0 Å². The molecule has 0 atom stereocenters. The van der Waals surface area contributed by atoms with E-state index in [1.807, 2.05) is 0 Å². The largest absolute Gasteiger partial charge is 0.0807 e. The highest BCUT2D eigenvalue weighted by Gasteiger charge is 2.19. The van der Waals surface area contributed by atoms with E-state index >= 15 is 0 Å². The first-order valence-corrected chi connectivity index (χ1v) is 9.50. The quantitative estimate of drug-likeness (QED) is 0.565. The number of hydrogen-bond donors (Lipinski definition) is 0. The molecule has 0 radical (unpaired) electrons. The van der Waals surface area contributed by atoms with Crippen LogP contribution in [0.5, 0.6) is 0 Å². The van der Waals surface area contributed by atoms with Crippen LogP contribution in [-0.4, -0.2) is 0 Å². The minimum Gasteiger partial charge on any atom is -0.0807 e. The second kappa shape index (κ2) is 7.21. The summed E-state index contributed by atoms with van der Waals surface area (Å²) in [6.45, 7) is 0. The summed E-state index contributed by atoms with van der Waals surface area (Å²) in [5, 5.41) is 0. The van der Waals surface area contributed by atoms with Crippen LogP contribution in [0.1, 0.15) is 68.1 Å². The third-order valence-corrected chi connectivity index (χ3v) is 5.48. The maximum absolute atomic E-state index is 2.48. The lowest BCUT2D eigenvalue weighted by Crippen LogP contribution is -2.03. The summed E-state index contributed by atoms with van der Waals surface area (Å²) in [6.07, 6.45) is 12.7. The molecule has 0 fully saturated rings. The highest BCUT2D eigenvalue weighted by atomic mass is 14.2. The molecule has 0 nitrogen and oxygen atoms in total. The Morgan fingerprint density at radius 2 is 1.21 bits per heavy atom. The van der Waals surface area contributed by atoms with Gasteiger partial charge in [0.2, 0.25) is 0 Å². The Kier molecular flexibility index (Phi) is 4.64. The van der Waals surface area contributed by atoms with E-state index in [1.165, 1.54) is 68.1 Å². The molecule has 0 bridgehead atoms. The summed E-state index contributed by atoms with van der Waals surface area (Å²) in [4.78, 5) is 0. The van der Waals surface area contributed by atoms with Crippen molar-refractivity contribution in [3.05, 3.63) is 77.4 Å². The van der Waals surface area contributed by atoms with Crippen molar-refractivity contribution < 1.29 is 0 Å². The Hall–Kier alpha value is -2.08. The summed E-state index contributed by atoms with van der Waals surface area (Å²) >= 11 is 0. The van der Waals surface area contributed by atoms with Gasteiger partial charge in [0.05, 0.1) is 0 Å². The van der Waals surface area contributed by atoms with Gasteiger partial charge in [-0.05, 0) is 84.8 Å². The normalized spacial score (nSPS) is 18.4. The lowest BCUT2D eigenvalue weighted by Gasteiger charge is -2.24. The molecule has 2 aliphatic rings. The van der Waals surface area contributed by atoms with Crippen molar-refractivity contribution in [1.29, 1.82) is 0 Å². The minimum absolute atomic E-state index is 1.22. The fourth-order valence-electron chi connectivity index (χ4n) is 4.27. The Balaban J connectivity index is 1.84. The summed E-state index contributed by atoms with van der Waals surface area (Å²) in [7, 11) is 0. The molecule has 0 N–H and O–H groups in total. The average molecular weight is 314 g/mol. The smallest absolute Gasteiger partial charge is 0.0146 e. The van der Waals surface area contributed by atoms with Crippen LogP contribution in [0.15, 0.2) is 60.7 Å². The zero-order valence-electron chi connectivity index (χ0n) is 14.4. The van der Waals surface area contributed by atoms with Crippen molar-refractivity contribution in [3.8, 4) is 0 Å². The molecule has 2 aliphatic carbocycles. The standard InChI is InChI=1S/C24H26/c1-3-11-19(12-4-1)21-15-7-9-17-23(21)24-18-10-8-16-22(24)20-13-5-2-6-14-20/h1,3-4,8,10-13,16,18H,2,5-7,9,14-15,17H2. The van der Waals surface area contributed by atoms with Crippen LogP contribution in [-0.2, 0) is 0 Å². The number of benzene rings is 2. The molecule has 0 heteroatoms. The van der Waals surface area contributed by atoms with Crippen LogP contribution in [0.25, 0.3) is 16.7 Å². The second-order valence-corrected chi connectivity index (χ2v) is 7.05. The van der Waals surface area contributed by atoms with E-state index in [2.05, 4.69) is 60.7 Å². The van der Waals surface area contributed by atoms with Gasteiger partial charge < -0.3 is 0 Å². The van der Waals surface area contributed by atoms with Crippen molar-refractivity contribution in [2.24, 2.45) is 0 Å². The fourth-order valence-corrected chi connectivity index (χ4v) is 4.27. The number of rotatable bonds is 3. The van der Waals surface area contributed by atoms with Crippen LogP contribution >= 0.6 is 0 Å². The van der Waals surface area contributed by atoms with Crippen molar-refractivity contribution in [2.45, 2.75) is 51.4 Å². The topological polar surface area (TPSA) is 0 Å². The third-order valence-electron chi connectivity index (χ3n) is 5.48. The molecule has 0 aromatic heterocycles. The zero-order valence-corrected chi connectivity index (χ0v) is 14.4. The summed E-state index contributed by atoms with van der Waals surface area (Å²) in [6, 6.07) is 20.1. The first kappa shape index (κ1) is 15.4. The summed E-state index contributed by atoms with van der Waals surface area (Å²) in [5.41, 5.74) is 9.13. The molecule has 2 aromatic rings. The van der Waals surface area contributed by atoms with E-state index < -0.39 is 0 Å². The summed E-state index contributed by atoms with van der Waals surface area (Å²) in [5.74, 6) is 0. The fraction of sp³-hybridized carbons (Fsp3) is 0.333. The van der Waals surface area contributed by atoms with Crippen molar-refractivity contribution in [3.63, 3.8) is 0 Å². The Morgan fingerprint density at radius 1 is 0.542 bits per heavy atom. The molecular weight excluding hydrogens is 288 g/mol. The van der Waals surface area contributed by atoms with Gasteiger partial charge in [0, 0.05) is 0 Å². The van der Waals surface area contributed by atoms with E-state index in [4.69, 9.17) is 0 Å². The molecule has 2 aromatic carbocycles. The monoisotopic (exact) mass is 314 g/mol. The van der Waals surface area contributed by atoms with Gasteiger partial charge in [-0.2, -0.15) is 0 Å². The van der Waals surface area contributed by atoms with Crippen LogP contribution < -0.4 is 0 Å². The molecule has 0 saturated carbocycles. The molecule has 24 heavy (non-hydrogen) atoms. The van der Waals surface area contributed by atoms with Gasteiger partial charge in [-0.1, -0.05) is 60.7 Å². The van der Waals surface area contributed by atoms with Crippen molar-refractivity contribution in [2.75, 3.05) is 0 Å². The highest BCUT2D eigenvalue weighted by molar-refractivity contribution is 5.95. The SMILES string of the molecule is C1=C(c2ccccc2C2=C(c3ccccc3)CCCC2)CCCC1. The second-order valence-electron chi connectivity index (χ2n) is 7.05. The van der Waals surface area contributed by atoms with E-state index in [-0.39, 0.29) is 0 Å². The van der Waals surface area contributed by atoms with Gasteiger partial charge >= 0.3 is 0 Å². The molecule has 0 aliphatic heterocycles. The molecule has 0 spiro atoms. The molecule has 0 saturated heterocycles. The van der Waals surface area contributed by atoms with Crippen LogP contribution in [0.4, 0.5) is 0 Å². The first-order valence-electron chi connectivity index (χ1n) is 9.50. The maximum atomic E-state index is 2.48. The Morgan fingerprint density at radius 3 is 1.96 bits per heavy atom. The molecular formula is C24H26. The summed E-state index contributed by atoms with van der Waals surface area (Å²) < 4.78 is 0. The molecule has 0 unspecified atom stereocenters.